The molecule has 0 fully saturated rings. The summed E-state index contributed by atoms with van der Waals surface area (Å²) in [7, 11) is 0. The minimum Gasteiger partial charge on any atom is -0.549 e. The number of ether oxygens (including phenoxy) is 1. The number of hydrogen-bond donors (Lipinski definition) is 0. The van der Waals surface area contributed by atoms with Gasteiger partial charge in [0, 0.05) is 5.75 Å². The van der Waals surface area contributed by atoms with Crippen molar-refractivity contribution in [2.75, 3.05) is 12.4 Å². The van der Waals surface area contributed by atoms with Crippen LogP contribution in [0.15, 0.2) is 53.7 Å². The molecular formula is C18H17N2O3S-. The lowest BCUT2D eigenvalue weighted by Crippen LogP contribution is -2.24. The van der Waals surface area contributed by atoms with Crippen molar-refractivity contribution < 1.29 is 14.6 Å². The number of hydrogen-bond acceptors (Lipinski definition) is 5. The monoisotopic (exact) mass is 341 g/mol. The molecule has 0 spiro atoms. The molecule has 0 aliphatic rings. The van der Waals surface area contributed by atoms with Crippen LogP contribution in [-0.2, 0) is 11.3 Å². The van der Waals surface area contributed by atoms with Gasteiger partial charge in [-0.2, -0.15) is 0 Å². The molecule has 0 amide bonds. The van der Waals surface area contributed by atoms with E-state index < -0.39 is 5.97 Å². The molecule has 6 heteroatoms. The summed E-state index contributed by atoms with van der Waals surface area (Å²) in [4.78, 5) is 15.2. The van der Waals surface area contributed by atoms with Crippen molar-refractivity contribution in [3.63, 3.8) is 0 Å². The van der Waals surface area contributed by atoms with E-state index in [-0.39, 0.29) is 5.75 Å². The largest absolute Gasteiger partial charge is 0.549 e. The Kier molecular flexibility index (Phi) is 5.05. The van der Waals surface area contributed by atoms with E-state index in [1.807, 2.05) is 60.0 Å². The molecule has 0 saturated carbocycles. The van der Waals surface area contributed by atoms with Gasteiger partial charge in [-0.25, -0.2) is 4.98 Å². The van der Waals surface area contributed by atoms with Gasteiger partial charge in [-0.05, 0) is 36.8 Å². The minimum absolute atomic E-state index is 0.123. The first-order chi connectivity index (χ1) is 11.6. The molecule has 24 heavy (non-hydrogen) atoms. The molecule has 3 rings (SSSR count). The highest BCUT2D eigenvalue weighted by atomic mass is 32.2. The Morgan fingerprint density at radius 3 is 2.88 bits per heavy atom. The number of thioether (sulfide) groups is 1. The topological polar surface area (TPSA) is 67.2 Å². The smallest absolute Gasteiger partial charge is 0.169 e. The van der Waals surface area contributed by atoms with Gasteiger partial charge in [-0.3, -0.25) is 0 Å². The summed E-state index contributed by atoms with van der Waals surface area (Å²) in [6.07, 6.45) is 0. The molecular weight excluding hydrogens is 324 g/mol. The molecule has 2 aromatic carbocycles. The first kappa shape index (κ1) is 16.4. The van der Waals surface area contributed by atoms with Gasteiger partial charge in [-0.15, -0.1) is 0 Å². The van der Waals surface area contributed by atoms with Crippen LogP contribution < -0.4 is 9.84 Å². The van der Waals surface area contributed by atoms with Crippen LogP contribution in [0.3, 0.4) is 0 Å². The van der Waals surface area contributed by atoms with Crippen molar-refractivity contribution in [3.8, 4) is 5.75 Å². The number of rotatable bonds is 7. The first-order valence-corrected chi connectivity index (χ1v) is 8.59. The van der Waals surface area contributed by atoms with E-state index in [9.17, 15) is 9.90 Å². The lowest BCUT2D eigenvalue weighted by Gasteiger charge is -2.11. The molecule has 0 aliphatic heterocycles. The number of benzene rings is 2. The second-order valence-electron chi connectivity index (χ2n) is 5.36. The van der Waals surface area contributed by atoms with Crippen molar-refractivity contribution in [2.45, 2.75) is 18.6 Å². The summed E-state index contributed by atoms with van der Waals surface area (Å²) < 4.78 is 7.79. The maximum atomic E-state index is 10.7. The standard InChI is InChI=1S/C18H18N2O3S/c1-13-5-4-6-14(11-13)23-10-9-20-16-8-3-2-7-15(16)19-18(20)24-12-17(21)22/h2-8,11H,9-10,12H2,1H3,(H,21,22)/p-1. The van der Waals surface area contributed by atoms with Gasteiger partial charge in [0.15, 0.2) is 5.16 Å². The van der Waals surface area contributed by atoms with Crippen LogP contribution in [-0.4, -0.2) is 27.9 Å². The predicted octanol–water partition coefficient (Wildman–Crippen LogP) is 2.27. The summed E-state index contributed by atoms with van der Waals surface area (Å²) in [6, 6.07) is 15.6. The predicted molar refractivity (Wildman–Crippen MR) is 92.1 cm³/mol. The number of imidazole rings is 1. The molecule has 124 valence electrons. The number of carbonyl (C=O) groups is 1. The number of aryl methyl sites for hydroxylation is 1. The average Bonchev–Trinajstić information content (AvgIpc) is 2.91. The SMILES string of the molecule is Cc1cccc(OCCn2c(SCC(=O)[O-])nc3ccccc32)c1. The molecule has 1 heterocycles. The van der Waals surface area contributed by atoms with Crippen molar-refractivity contribution in [1.29, 1.82) is 0 Å². The Morgan fingerprint density at radius 2 is 2.08 bits per heavy atom. The fourth-order valence-electron chi connectivity index (χ4n) is 2.46. The Bertz CT molecular complexity index is 860. The highest BCUT2D eigenvalue weighted by Crippen LogP contribution is 2.24. The molecule has 1 aromatic heterocycles. The van der Waals surface area contributed by atoms with Gasteiger partial charge in [0.2, 0.25) is 0 Å². The third kappa shape index (κ3) is 3.89. The zero-order valence-corrected chi connectivity index (χ0v) is 14.1. The van der Waals surface area contributed by atoms with Gasteiger partial charge in [-0.1, -0.05) is 36.0 Å². The van der Waals surface area contributed by atoms with E-state index in [4.69, 9.17) is 4.74 Å². The molecule has 0 saturated heterocycles. The number of nitrogens with zero attached hydrogens (tertiary/aromatic N) is 2. The fourth-order valence-corrected chi connectivity index (χ4v) is 3.22. The van der Waals surface area contributed by atoms with Crippen LogP contribution in [0.2, 0.25) is 0 Å². The number of fused-ring (bicyclic) bond motifs is 1. The third-order valence-corrected chi connectivity index (χ3v) is 4.46. The van der Waals surface area contributed by atoms with Gasteiger partial charge in [0.1, 0.15) is 12.4 Å². The number of carboxylic acid groups (broad SMARTS) is 1. The molecule has 0 N–H and O–H groups in total. The first-order valence-electron chi connectivity index (χ1n) is 7.61. The quantitative estimate of drug-likeness (QED) is 0.617. The van der Waals surface area contributed by atoms with E-state index in [2.05, 4.69) is 4.98 Å². The van der Waals surface area contributed by atoms with Crippen molar-refractivity contribution in [1.82, 2.24) is 9.55 Å². The van der Waals surface area contributed by atoms with E-state index in [0.29, 0.717) is 18.3 Å². The number of carboxylic acids is 1. The van der Waals surface area contributed by atoms with Crippen LogP contribution >= 0.6 is 11.8 Å². The minimum atomic E-state index is -1.10. The summed E-state index contributed by atoms with van der Waals surface area (Å²) in [6.45, 7) is 3.08. The second kappa shape index (κ2) is 7.40. The van der Waals surface area contributed by atoms with Crippen LogP contribution in [0.5, 0.6) is 5.75 Å². The average molecular weight is 341 g/mol. The van der Waals surface area contributed by atoms with Gasteiger partial charge >= 0.3 is 0 Å². The number of aromatic nitrogens is 2. The summed E-state index contributed by atoms with van der Waals surface area (Å²) in [5.74, 6) is -0.403. The summed E-state index contributed by atoms with van der Waals surface area (Å²) in [5, 5.41) is 11.4. The Hall–Kier alpha value is -2.47. The normalized spacial score (nSPS) is 10.9. The summed E-state index contributed by atoms with van der Waals surface area (Å²) in [5.41, 5.74) is 2.95. The third-order valence-electron chi connectivity index (χ3n) is 3.51. The zero-order valence-electron chi connectivity index (χ0n) is 13.3. The Balaban J connectivity index is 1.76. The van der Waals surface area contributed by atoms with Gasteiger partial charge in [0.05, 0.1) is 23.5 Å². The molecule has 0 bridgehead atoms. The molecule has 0 atom stereocenters. The van der Waals surface area contributed by atoms with Gasteiger partial charge in [0.25, 0.3) is 0 Å². The second-order valence-corrected chi connectivity index (χ2v) is 6.30. The number of para-hydroxylation sites is 2. The van der Waals surface area contributed by atoms with Crippen LogP contribution in [0.25, 0.3) is 11.0 Å². The van der Waals surface area contributed by atoms with E-state index in [1.165, 1.54) is 0 Å². The van der Waals surface area contributed by atoms with E-state index in [0.717, 1.165) is 34.1 Å². The summed E-state index contributed by atoms with van der Waals surface area (Å²) >= 11 is 1.16. The van der Waals surface area contributed by atoms with Crippen LogP contribution in [0, 0.1) is 6.92 Å². The lowest BCUT2D eigenvalue weighted by molar-refractivity contribution is -0.301. The zero-order chi connectivity index (χ0) is 16.9. The van der Waals surface area contributed by atoms with Crippen molar-refractivity contribution in [2.24, 2.45) is 0 Å². The Labute approximate surface area is 144 Å². The molecule has 3 aromatic rings. The van der Waals surface area contributed by atoms with E-state index >= 15 is 0 Å². The fraction of sp³-hybridized carbons (Fsp3) is 0.222. The van der Waals surface area contributed by atoms with Crippen molar-refractivity contribution in [3.05, 3.63) is 54.1 Å². The van der Waals surface area contributed by atoms with Gasteiger partial charge < -0.3 is 19.2 Å². The maximum absolute atomic E-state index is 10.7. The molecule has 0 aliphatic carbocycles. The lowest BCUT2D eigenvalue weighted by atomic mass is 10.2. The van der Waals surface area contributed by atoms with Crippen LogP contribution in [0.1, 0.15) is 5.56 Å². The highest BCUT2D eigenvalue weighted by Gasteiger charge is 2.11. The van der Waals surface area contributed by atoms with Crippen LogP contribution in [0.4, 0.5) is 0 Å². The number of aliphatic carboxylic acids is 1. The molecule has 5 nitrogen and oxygen atoms in total. The molecule has 0 unspecified atom stereocenters. The maximum Gasteiger partial charge on any atom is 0.169 e. The molecule has 0 radical (unpaired) electrons. The Morgan fingerprint density at radius 1 is 1.25 bits per heavy atom. The van der Waals surface area contributed by atoms with E-state index in [1.54, 1.807) is 0 Å². The van der Waals surface area contributed by atoms with Crippen molar-refractivity contribution >= 4 is 28.8 Å². The highest BCUT2D eigenvalue weighted by molar-refractivity contribution is 7.99. The number of carbonyl (C=O) groups excluding carboxylic acids is 1.